The first-order valence-corrected chi connectivity index (χ1v) is 4.87. The molecule has 0 radical (unpaired) electrons. The zero-order chi connectivity index (χ0) is 11.9. The Morgan fingerprint density at radius 3 is 2.40 bits per heavy atom. The van der Waals surface area contributed by atoms with E-state index < -0.39 is 12.1 Å². The highest BCUT2D eigenvalue weighted by atomic mass is 19.4. The van der Waals surface area contributed by atoms with Crippen LogP contribution in [0.15, 0.2) is 0 Å². The van der Waals surface area contributed by atoms with Crippen molar-refractivity contribution < 1.29 is 23.1 Å². The Bertz CT molecular complexity index is 188. The van der Waals surface area contributed by atoms with E-state index in [1.165, 1.54) is 0 Å². The summed E-state index contributed by atoms with van der Waals surface area (Å²) in [6, 6.07) is 0. The first kappa shape index (κ1) is 14.2. The smallest absolute Gasteiger partial charge is 0.396 e. The fourth-order valence-electron chi connectivity index (χ4n) is 1.28. The molecule has 0 bridgehead atoms. The summed E-state index contributed by atoms with van der Waals surface area (Å²) in [5.74, 6) is -2.01. The van der Waals surface area contributed by atoms with E-state index in [1.807, 2.05) is 12.2 Å². The van der Waals surface area contributed by atoms with Crippen LogP contribution in [-0.4, -0.2) is 30.3 Å². The molecule has 0 rings (SSSR count). The highest BCUT2D eigenvalue weighted by Crippen LogP contribution is 2.15. The van der Waals surface area contributed by atoms with Crippen LogP contribution < -0.4 is 5.32 Å². The van der Waals surface area contributed by atoms with Crippen LogP contribution in [0.4, 0.5) is 13.2 Å². The average molecular weight is 227 g/mol. The second-order valence-corrected chi connectivity index (χ2v) is 3.37. The van der Waals surface area contributed by atoms with Gasteiger partial charge in [-0.3, -0.25) is 4.79 Å². The molecule has 0 saturated carbocycles. The Hall–Kier alpha value is -0.780. The molecule has 1 unspecified atom stereocenters. The van der Waals surface area contributed by atoms with Crippen molar-refractivity contribution >= 4 is 5.91 Å². The normalized spacial score (nSPS) is 13.7. The van der Waals surface area contributed by atoms with Crippen LogP contribution in [0.1, 0.15) is 26.2 Å². The van der Waals surface area contributed by atoms with Crippen molar-refractivity contribution in [3.05, 3.63) is 0 Å². The van der Waals surface area contributed by atoms with Crippen LogP contribution in [0.2, 0.25) is 0 Å². The molecule has 0 aromatic carbocycles. The van der Waals surface area contributed by atoms with Crippen LogP contribution in [0.3, 0.4) is 0 Å². The lowest BCUT2D eigenvalue weighted by Gasteiger charge is -2.16. The molecule has 0 aliphatic rings. The maximum atomic E-state index is 11.8. The molecule has 1 atom stereocenters. The number of aliphatic hydroxyl groups excluding tert-OH is 1. The SMILES string of the molecule is CCCC(CCO)CNC(=O)C(F)(F)F. The van der Waals surface area contributed by atoms with Crippen molar-refractivity contribution in [1.82, 2.24) is 5.32 Å². The molecule has 0 aliphatic carbocycles. The number of halogens is 3. The van der Waals surface area contributed by atoms with Gasteiger partial charge in [0.15, 0.2) is 0 Å². The van der Waals surface area contributed by atoms with E-state index in [1.54, 1.807) is 0 Å². The standard InChI is InChI=1S/C9H16F3NO2/c1-2-3-7(4-5-14)6-13-8(15)9(10,11)12/h7,14H,2-6H2,1H3,(H,13,15). The third kappa shape index (κ3) is 6.33. The number of hydrogen-bond donors (Lipinski definition) is 2. The van der Waals surface area contributed by atoms with Crippen LogP contribution in [0.5, 0.6) is 0 Å². The quantitative estimate of drug-likeness (QED) is 0.721. The van der Waals surface area contributed by atoms with E-state index in [0.717, 1.165) is 6.42 Å². The molecule has 15 heavy (non-hydrogen) atoms. The lowest BCUT2D eigenvalue weighted by molar-refractivity contribution is -0.173. The first-order valence-electron chi connectivity index (χ1n) is 4.87. The van der Waals surface area contributed by atoms with Gasteiger partial charge in [-0.2, -0.15) is 13.2 Å². The van der Waals surface area contributed by atoms with Gasteiger partial charge in [0.25, 0.3) is 0 Å². The number of nitrogens with one attached hydrogen (secondary N) is 1. The molecule has 6 heteroatoms. The van der Waals surface area contributed by atoms with E-state index in [0.29, 0.717) is 12.8 Å². The molecular weight excluding hydrogens is 211 g/mol. The minimum Gasteiger partial charge on any atom is -0.396 e. The van der Waals surface area contributed by atoms with Crippen molar-refractivity contribution in [3.63, 3.8) is 0 Å². The monoisotopic (exact) mass is 227 g/mol. The molecule has 3 nitrogen and oxygen atoms in total. The van der Waals surface area contributed by atoms with Crippen molar-refractivity contribution in [2.75, 3.05) is 13.2 Å². The summed E-state index contributed by atoms with van der Waals surface area (Å²) in [7, 11) is 0. The molecule has 2 N–H and O–H groups in total. The second-order valence-electron chi connectivity index (χ2n) is 3.37. The van der Waals surface area contributed by atoms with Crippen LogP contribution in [0, 0.1) is 5.92 Å². The third-order valence-electron chi connectivity index (χ3n) is 2.04. The Balaban J connectivity index is 3.93. The minimum atomic E-state index is -4.82. The number of alkyl halides is 3. The Morgan fingerprint density at radius 2 is 2.00 bits per heavy atom. The van der Waals surface area contributed by atoms with E-state index >= 15 is 0 Å². The highest BCUT2D eigenvalue weighted by Gasteiger charge is 2.38. The van der Waals surface area contributed by atoms with Crippen molar-refractivity contribution in [2.24, 2.45) is 5.92 Å². The Labute approximate surface area is 86.7 Å². The fraction of sp³-hybridized carbons (Fsp3) is 0.889. The minimum absolute atomic E-state index is 0.0350. The van der Waals surface area contributed by atoms with Gasteiger partial charge >= 0.3 is 12.1 Å². The summed E-state index contributed by atoms with van der Waals surface area (Å²) < 4.78 is 35.4. The van der Waals surface area contributed by atoms with Gasteiger partial charge in [-0.15, -0.1) is 0 Å². The van der Waals surface area contributed by atoms with Crippen LogP contribution >= 0.6 is 0 Å². The maximum Gasteiger partial charge on any atom is 0.471 e. The predicted molar refractivity (Wildman–Crippen MR) is 49.2 cm³/mol. The summed E-state index contributed by atoms with van der Waals surface area (Å²) in [4.78, 5) is 10.5. The topological polar surface area (TPSA) is 49.3 Å². The number of aliphatic hydroxyl groups is 1. The van der Waals surface area contributed by atoms with Gasteiger partial charge in [-0.05, 0) is 18.8 Å². The molecule has 0 aliphatic heterocycles. The zero-order valence-corrected chi connectivity index (χ0v) is 8.60. The van der Waals surface area contributed by atoms with E-state index in [2.05, 4.69) is 0 Å². The van der Waals surface area contributed by atoms with Crippen molar-refractivity contribution in [3.8, 4) is 0 Å². The summed E-state index contributed by atoms with van der Waals surface area (Å²) in [5, 5.41) is 10.5. The number of amides is 1. The molecule has 1 amide bonds. The summed E-state index contributed by atoms with van der Waals surface area (Å²) in [5.41, 5.74) is 0. The number of hydrogen-bond acceptors (Lipinski definition) is 2. The van der Waals surface area contributed by atoms with Gasteiger partial charge in [0.05, 0.1) is 0 Å². The molecule has 90 valence electrons. The molecular formula is C9H16F3NO2. The predicted octanol–water partition coefficient (Wildman–Crippen LogP) is 1.46. The van der Waals surface area contributed by atoms with Gasteiger partial charge in [0, 0.05) is 13.2 Å². The third-order valence-corrected chi connectivity index (χ3v) is 2.04. The maximum absolute atomic E-state index is 11.8. The number of carbonyl (C=O) groups excluding carboxylic acids is 1. The van der Waals surface area contributed by atoms with E-state index in [9.17, 15) is 18.0 Å². The van der Waals surface area contributed by atoms with Crippen molar-refractivity contribution in [2.45, 2.75) is 32.4 Å². The molecule has 0 spiro atoms. The lowest BCUT2D eigenvalue weighted by atomic mass is 10.0. The largest absolute Gasteiger partial charge is 0.471 e. The summed E-state index contributed by atoms with van der Waals surface area (Å²) in [6.45, 7) is 1.79. The van der Waals surface area contributed by atoms with Gasteiger partial charge in [-0.25, -0.2) is 0 Å². The number of rotatable bonds is 6. The molecule has 0 saturated heterocycles. The summed E-state index contributed by atoms with van der Waals surface area (Å²) >= 11 is 0. The van der Waals surface area contributed by atoms with E-state index in [4.69, 9.17) is 5.11 Å². The Morgan fingerprint density at radius 1 is 1.40 bits per heavy atom. The first-order chi connectivity index (χ1) is 6.91. The van der Waals surface area contributed by atoms with E-state index in [-0.39, 0.29) is 19.1 Å². The fourth-order valence-corrected chi connectivity index (χ4v) is 1.28. The molecule has 0 aromatic heterocycles. The molecule has 0 heterocycles. The Kier molecular flexibility index (Phi) is 6.31. The van der Waals surface area contributed by atoms with Gasteiger partial charge in [0.2, 0.25) is 0 Å². The van der Waals surface area contributed by atoms with Gasteiger partial charge in [-0.1, -0.05) is 13.3 Å². The second kappa shape index (κ2) is 6.66. The highest BCUT2D eigenvalue weighted by molar-refractivity contribution is 5.81. The van der Waals surface area contributed by atoms with Crippen LogP contribution in [0.25, 0.3) is 0 Å². The zero-order valence-electron chi connectivity index (χ0n) is 8.60. The molecule has 0 aromatic rings. The molecule has 0 fully saturated rings. The van der Waals surface area contributed by atoms with Crippen molar-refractivity contribution in [1.29, 1.82) is 0 Å². The lowest BCUT2D eigenvalue weighted by Crippen LogP contribution is -2.39. The average Bonchev–Trinajstić information content (AvgIpc) is 2.12. The van der Waals surface area contributed by atoms with Gasteiger partial charge < -0.3 is 10.4 Å². The van der Waals surface area contributed by atoms with Gasteiger partial charge in [0.1, 0.15) is 0 Å². The number of carbonyl (C=O) groups is 1. The summed E-state index contributed by atoms with van der Waals surface area (Å²) in [6.07, 6.45) is -2.91. The van der Waals surface area contributed by atoms with Crippen LogP contribution in [-0.2, 0) is 4.79 Å².